The minimum absolute atomic E-state index is 0.0498. The normalized spacial score (nSPS) is 16.3. The molecule has 3 rings (SSSR count). The smallest absolute Gasteiger partial charge is 0.234 e. The van der Waals surface area contributed by atoms with Gasteiger partial charge in [0.05, 0.1) is 6.54 Å². The molecule has 1 aliphatic heterocycles. The first kappa shape index (κ1) is 21.3. The Balaban J connectivity index is 1.30. The highest BCUT2D eigenvalue weighted by atomic mass is 16.5. The Morgan fingerprint density at radius 3 is 2.38 bits per heavy atom. The number of aliphatic hydroxyl groups excluding tert-OH is 1. The number of ether oxygens (including phenoxy) is 1. The third-order valence-electron chi connectivity index (χ3n) is 5.10. The van der Waals surface area contributed by atoms with Crippen LogP contribution in [0.1, 0.15) is 11.1 Å². The molecule has 1 amide bonds. The van der Waals surface area contributed by atoms with E-state index in [1.54, 1.807) is 0 Å². The van der Waals surface area contributed by atoms with E-state index in [-0.39, 0.29) is 12.5 Å². The van der Waals surface area contributed by atoms with Crippen molar-refractivity contribution in [3.63, 3.8) is 0 Å². The van der Waals surface area contributed by atoms with Crippen molar-refractivity contribution in [3.8, 4) is 5.75 Å². The Bertz CT molecular complexity index is 744. The summed E-state index contributed by atoms with van der Waals surface area (Å²) >= 11 is 0. The fraction of sp³-hybridized carbons (Fsp3) is 0.435. The van der Waals surface area contributed by atoms with Gasteiger partial charge >= 0.3 is 0 Å². The van der Waals surface area contributed by atoms with Crippen LogP contribution in [0.2, 0.25) is 0 Å². The van der Waals surface area contributed by atoms with Gasteiger partial charge < -0.3 is 15.2 Å². The quantitative estimate of drug-likeness (QED) is 0.674. The van der Waals surface area contributed by atoms with Crippen molar-refractivity contribution in [1.82, 2.24) is 15.1 Å². The van der Waals surface area contributed by atoms with E-state index in [9.17, 15) is 9.90 Å². The predicted molar refractivity (Wildman–Crippen MR) is 114 cm³/mol. The molecule has 1 aliphatic rings. The summed E-state index contributed by atoms with van der Waals surface area (Å²) in [6.07, 6.45) is -0.531. The highest BCUT2D eigenvalue weighted by molar-refractivity contribution is 5.78. The second-order valence-electron chi connectivity index (χ2n) is 7.62. The number of carbonyl (C=O) groups is 1. The molecule has 0 unspecified atom stereocenters. The summed E-state index contributed by atoms with van der Waals surface area (Å²) in [5.41, 5.74) is 2.29. The number of piperazine rings is 1. The molecule has 0 aliphatic carbocycles. The minimum Gasteiger partial charge on any atom is -0.491 e. The van der Waals surface area contributed by atoms with Crippen LogP contribution in [0.15, 0.2) is 54.6 Å². The number of aryl methyl sites for hydroxylation is 1. The molecular formula is C23H31N3O3. The summed E-state index contributed by atoms with van der Waals surface area (Å²) in [6, 6.07) is 17.8. The number of hydrogen-bond acceptors (Lipinski definition) is 5. The first-order valence-corrected chi connectivity index (χ1v) is 10.2. The zero-order chi connectivity index (χ0) is 20.5. The lowest BCUT2D eigenvalue weighted by Crippen LogP contribution is -2.51. The minimum atomic E-state index is -0.531. The molecule has 6 heteroatoms. The Labute approximate surface area is 173 Å². The van der Waals surface area contributed by atoms with Crippen molar-refractivity contribution in [2.75, 3.05) is 45.9 Å². The number of amides is 1. The molecular weight excluding hydrogens is 366 g/mol. The van der Waals surface area contributed by atoms with Gasteiger partial charge in [-0.3, -0.25) is 14.6 Å². The van der Waals surface area contributed by atoms with E-state index in [2.05, 4.69) is 15.1 Å². The van der Waals surface area contributed by atoms with Crippen molar-refractivity contribution in [3.05, 3.63) is 65.7 Å². The lowest BCUT2D eigenvalue weighted by molar-refractivity contribution is -0.122. The van der Waals surface area contributed by atoms with Crippen molar-refractivity contribution in [1.29, 1.82) is 0 Å². The second-order valence-corrected chi connectivity index (χ2v) is 7.62. The zero-order valence-electron chi connectivity index (χ0n) is 17.1. The lowest BCUT2D eigenvalue weighted by Gasteiger charge is -2.35. The number of nitrogens with one attached hydrogen (secondary N) is 1. The van der Waals surface area contributed by atoms with E-state index in [1.807, 2.05) is 61.5 Å². The highest BCUT2D eigenvalue weighted by Crippen LogP contribution is 2.12. The van der Waals surface area contributed by atoms with Gasteiger partial charge in [-0.05, 0) is 24.6 Å². The fourth-order valence-corrected chi connectivity index (χ4v) is 3.36. The number of carbonyl (C=O) groups excluding carboxylic acids is 1. The molecule has 0 radical (unpaired) electrons. The van der Waals surface area contributed by atoms with Gasteiger partial charge in [-0.25, -0.2) is 0 Å². The molecule has 2 N–H and O–H groups in total. The van der Waals surface area contributed by atoms with Gasteiger partial charge in [0.1, 0.15) is 18.5 Å². The van der Waals surface area contributed by atoms with Gasteiger partial charge in [0.15, 0.2) is 0 Å². The van der Waals surface area contributed by atoms with E-state index in [4.69, 9.17) is 4.74 Å². The summed E-state index contributed by atoms with van der Waals surface area (Å²) in [7, 11) is 0. The second kappa shape index (κ2) is 11.0. The van der Waals surface area contributed by atoms with Crippen molar-refractivity contribution >= 4 is 5.91 Å². The third-order valence-corrected chi connectivity index (χ3v) is 5.10. The summed E-state index contributed by atoms with van der Waals surface area (Å²) in [6.45, 7) is 7.21. The predicted octanol–water partition coefficient (Wildman–Crippen LogP) is 1.67. The maximum absolute atomic E-state index is 12.2. The van der Waals surface area contributed by atoms with Crippen molar-refractivity contribution < 1.29 is 14.6 Å². The number of nitrogens with zero attached hydrogens (tertiary/aromatic N) is 2. The molecule has 1 atom stereocenters. The van der Waals surface area contributed by atoms with Crippen LogP contribution in [0.3, 0.4) is 0 Å². The highest BCUT2D eigenvalue weighted by Gasteiger charge is 2.21. The Kier molecular flexibility index (Phi) is 8.04. The van der Waals surface area contributed by atoms with Crippen LogP contribution in [-0.2, 0) is 11.3 Å². The number of β-amino-alcohol motifs (C(OH)–C–C–N with tert-alkyl or cyclic N) is 1. The number of benzene rings is 2. The fourth-order valence-electron chi connectivity index (χ4n) is 3.36. The van der Waals surface area contributed by atoms with Gasteiger partial charge in [0.25, 0.3) is 0 Å². The van der Waals surface area contributed by atoms with Crippen LogP contribution in [0.25, 0.3) is 0 Å². The molecule has 1 saturated heterocycles. The average Bonchev–Trinajstić information content (AvgIpc) is 2.74. The van der Waals surface area contributed by atoms with E-state index in [1.165, 1.54) is 5.56 Å². The van der Waals surface area contributed by atoms with Gasteiger partial charge in [-0.15, -0.1) is 0 Å². The molecule has 0 aromatic heterocycles. The summed E-state index contributed by atoms with van der Waals surface area (Å²) in [4.78, 5) is 16.5. The largest absolute Gasteiger partial charge is 0.491 e. The molecule has 1 heterocycles. The zero-order valence-corrected chi connectivity index (χ0v) is 17.1. The number of aliphatic hydroxyl groups is 1. The molecule has 156 valence electrons. The van der Waals surface area contributed by atoms with Gasteiger partial charge in [-0.2, -0.15) is 0 Å². The van der Waals surface area contributed by atoms with Crippen LogP contribution in [0.5, 0.6) is 5.75 Å². The van der Waals surface area contributed by atoms with Crippen LogP contribution < -0.4 is 10.1 Å². The van der Waals surface area contributed by atoms with E-state index in [0.717, 1.165) is 37.5 Å². The number of hydrogen-bond donors (Lipinski definition) is 2. The summed E-state index contributed by atoms with van der Waals surface area (Å²) in [5, 5.41) is 13.2. The van der Waals surface area contributed by atoms with E-state index < -0.39 is 6.10 Å². The third kappa shape index (κ3) is 7.49. The van der Waals surface area contributed by atoms with E-state index >= 15 is 0 Å². The Morgan fingerprint density at radius 2 is 1.69 bits per heavy atom. The van der Waals surface area contributed by atoms with Crippen LogP contribution in [-0.4, -0.2) is 72.8 Å². The molecule has 0 spiro atoms. The van der Waals surface area contributed by atoms with Gasteiger partial charge in [0, 0.05) is 39.3 Å². The maximum atomic E-state index is 12.2. The lowest BCUT2D eigenvalue weighted by atomic mass is 10.2. The Morgan fingerprint density at radius 1 is 1.03 bits per heavy atom. The SMILES string of the molecule is Cc1ccc(OC[C@H](O)CN2CCN(CC(=O)NCc3ccccc3)CC2)cc1. The van der Waals surface area contributed by atoms with Gasteiger partial charge in [-0.1, -0.05) is 48.0 Å². The summed E-state index contributed by atoms with van der Waals surface area (Å²) < 4.78 is 5.66. The molecule has 0 saturated carbocycles. The maximum Gasteiger partial charge on any atom is 0.234 e. The van der Waals surface area contributed by atoms with E-state index in [0.29, 0.717) is 19.6 Å². The number of rotatable bonds is 9. The molecule has 29 heavy (non-hydrogen) atoms. The average molecular weight is 398 g/mol. The first-order chi connectivity index (χ1) is 14.1. The topological polar surface area (TPSA) is 65.0 Å². The van der Waals surface area contributed by atoms with Crippen LogP contribution >= 0.6 is 0 Å². The molecule has 6 nitrogen and oxygen atoms in total. The molecule has 0 bridgehead atoms. The van der Waals surface area contributed by atoms with Crippen molar-refractivity contribution in [2.24, 2.45) is 0 Å². The Hall–Kier alpha value is -2.41. The standard InChI is InChI=1S/C23H31N3O3/c1-19-7-9-22(10-8-19)29-18-21(27)16-25-11-13-26(14-12-25)17-23(28)24-15-20-5-3-2-4-6-20/h2-10,21,27H,11-18H2,1H3,(H,24,28)/t21-/m1/s1. The molecule has 1 fully saturated rings. The molecule has 2 aromatic carbocycles. The van der Waals surface area contributed by atoms with Crippen molar-refractivity contribution in [2.45, 2.75) is 19.6 Å². The summed E-state index contributed by atoms with van der Waals surface area (Å²) in [5.74, 6) is 0.829. The first-order valence-electron chi connectivity index (χ1n) is 10.2. The van der Waals surface area contributed by atoms with Gasteiger partial charge in [0.2, 0.25) is 5.91 Å². The molecule has 2 aromatic rings. The van der Waals surface area contributed by atoms with Crippen LogP contribution in [0.4, 0.5) is 0 Å². The monoisotopic (exact) mass is 397 g/mol. The van der Waals surface area contributed by atoms with Crippen LogP contribution in [0, 0.1) is 6.92 Å².